The molecular formula is C14H20N2O3S. The third-order valence-corrected chi connectivity index (χ3v) is 4.36. The van der Waals surface area contributed by atoms with Crippen LogP contribution in [-0.4, -0.2) is 24.2 Å². The molecule has 1 atom stereocenters. The molecule has 0 aromatic rings. The van der Waals surface area contributed by atoms with E-state index < -0.39 is 17.3 Å². The van der Waals surface area contributed by atoms with E-state index in [0.717, 1.165) is 12.2 Å². The van der Waals surface area contributed by atoms with Gasteiger partial charge in [0.05, 0.1) is 23.3 Å². The highest BCUT2D eigenvalue weighted by Crippen LogP contribution is 2.42. The Labute approximate surface area is 123 Å². The Balaban J connectivity index is 3.29. The third kappa shape index (κ3) is 3.15. The van der Waals surface area contributed by atoms with Crippen LogP contribution in [0.15, 0.2) is 10.6 Å². The number of nitrogens with one attached hydrogen (secondary N) is 1. The molecule has 1 amide bonds. The van der Waals surface area contributed by atoms with E-state index in [4.69, 9.17) is 4.74 Å². The van der Waals surface area contributed by atoms with Crippen molar-refractivity contribution in [1.82, 2.24) is 5.32 Å². The van der Waals surface area contributed by atoms with Crippen molar-refractivity contribution >= 4 is 23.6 Å². The molecule has 0 aromatic carbocycles. The smallest absolute Gasteiger partial charge is 0.337 e. The highest BCUT2D eigenvalue weighted by molar-refractivity contribution is 8.03. The van der Waals surface area contributed by atoms with Crippen LogP contribution in [-0.2, 0) is 14.3 Å². The number of carbonyl (C=O) groups excluding carboxylic acids is 2. The molecule has 0 aromatic heterocycles. The molecule has 1 heterocycles. The average Bonchev–Trinajstić information content (AvgIpc) is 2.35. The fourth-order valence-electron chi connectivity index (χ4n) is 2.10. The van der Waals surface area contributed by atoms with Crippen molar-refractivity contribution in [3.05, 3.63) is 10.6 Å². The topological polar surface area (TPSA) is 79.2 Å². The maximum Gasteiger partial charge on any atom is 0.337 e. The quantitative estimate of drug-likeness (QED) is 0.787. The summed E-state index contributed by atoms with van der Waals surface area (Å²) in [6, 6.07) is 1.98. The van der Waals surface area contributed by atoms with Crippen LogP contribution >= 0.6 is 11.8 Å². The predicted molar refractivity (Wildman–Crippen MR) is 77.4 cm³/mol. The van der Waals surface area contributed by atoms with Crippen molar-refractivity contribution in [3.8, 4) is 6.07 Å². The maximum absolute atomic E-state index is 12.2. The SMILES string of the molecule is CCCSC1=C(C(=O)OCC)C(C)(C)[C@@H](C#N)C(=O)N1. The first kappa shape index (κ1) is 16.6. The molecule has 0 radical (unpaired) electrons. The Morgan fingerprint density at radius 3 is 2.65 bits per heavy atom. The molecule has 5 nitrogen and oxygen atoms in total. The molecule has 0 fully saturated rings. The van der Waals surface area contributed by atoms with Gasteiger partial charge in [-0.3, -0.25) is 4.79 Å². The van der Waals surface area contributed by atoms with Gasteiger partial charge in [0.1, 0.15) is 5.92 Å². The molecule has 0 unspecified atom stereocenters. The minimum atomic E-state index is -0.895. The lowest BCUT2D eigenvalue weighted by molar-refractivity contribution is -0.140. The van der Waals surface area contributed by atoms with Crippen LogP contribution in [0.5, 0.6) is 0 Å². The number of esters is 1. The predicted octanol–water partition coefficient (Wildman–Crippen LogP) is 2.20. The first-order valence-corrected chi connectivity index (χ1v) is 7.63. The second-order valence-electron chi connectivity index (χ2n) is 5.05. The first-order chi connectivity index (χ1) is 9.39. The van der Waals surface area contributed by atoms with Gasteiger partial charge in [-0.2, -0.15) is 5.26 Å². The van der Waals surface area contributed by atoms with Gasteiger partial charge in [0.15, 0.2) is 0 Å². The van der Waals surface area contributed by atoms with E-state index in [1.807, 2.05) is 13.0 Å². The fourth-order valence-corrected chi connectivity index (χ4v) is 3.17. The zero-order chi connectivity index (χ0) is 15.3. The van der Waals surface area contributed by atoms with Gasteiger partial charge in [0.25, 0.3) is 0 Å². The zero-order valence-electron chi connectivity index (χ0n) is 12.3. The Hall–Kier alpha value is -1.48. The summed E-state index contributed by atoms with van der Waals surface area (Å²) >= 11 is 1.42. The Kier molecular flexibility index (Phi) is 5.63. The zero-order valence-corrected chi connectivity index (χ0v) is 13.1. The van der Waals surface area contributed by atoms with Gasteiger partial charge in [-0.1, -0.05) is 20.8 Å². The summed E-state index contributed by atoms with van der Waals surface area (Å²) in [5.41, 5.74) is -0.469. The number of nitrogens with zero attached hydrogens (tertiary/aromatic N) is 1. The molecule has 6 heteroatoms. The number of hydrogen-bond acceptors (Lipinski definition) is 5. The van der Waals surface area contributed by atoms with Gasteiger partial charge in [-0.05, 0) is 19.1 Å². The van der Waals surface area contributed by atoms with Crippen molar-refractivity contribution in [3.63, 3.8) is 0 Å². The van der Waals surface area contributed by atoms with Crippen LogP contribution in [0.25, 0.3) is 0 Å². The highest BCUT2D eigenvalue weighted by Gasteiger charge is 2.47. The van der Waals surface area contributed by atoms with Gasteiger partial charge >= 0.3 is 5.97 Å². The van der Waals surface area contributed by atoms with Crippen molar-refractivity contribution in [2.45, 2.75) is 34.1 Å². The second-order valence-corrected chi connectivity index (χ2v) is 6.15. The van der Waals surface area contributed by atoms with E-state index in [2.05, 4.69) is 5.32 Å². The molecule has 1 N–H and O–H groups in total. The molecule has 1 aliphatic rings. The van der Waals surface area contributed by atoms with Gasteiger partial charge in [0, 0.05) is 5.41 Å². The number of ether oxygens (including phenoxy) is 1. The minimum Gasteiger partial charge on any atom is -0.463 e. The molecule has 1 aliphatic heterocycles. The van der Waals surface area contributed by atoms with E-state index in [-0.39, 0.29) is 12.5 Å². The average molecular weight is 296 g/mol. The Bertz CT molecular complexity index is 477. The molecule has 110 valence electrons. The number of carbonyl (C=O) groups is 2. The van der Waals surface area contributed by atoms with Crippen molar-refractivity contribution in [2.24, 2.45) is 11.3 Å². The van der Waals surface area contributed by atoms with Crippen molar-refractivity contribution in [2.75, 3.05) is 12.4 Å². The number of hydrogen-bond donors (Lipinski definition) is 1. The number of amides is 1. The summed E-state index contributed by atoms with van der Waals surface area (Å²) in [5, 5.41) is 12.4. The van der Waals surface area contributed by atoms with Crippen LogP contribution in [0.1, 0.15) is 34.1 Å². The van der Waals surface area contributed by atoms with E-state index in [9.17, 15) is 14.9 Å². The third-order valence-electron chi connectivity index (χ3n) is 3.15. The van der Waals surface area contributed by atoms with Crippen molar-refractivity contribution < 1.29 is 14.3 Å². The molecule has 0 saturated heterocycles. The minimum absolute atomic E-state index is 0.259. The van der Waals surface area contributed by atoms with E-state index >= 15 is 0 Å². The summed E-state index contributed by atoms with van der Waals surface area (Å²) in [4.78, 5) is 24.2. The largest absolute Gasteiger partial charge is 0.463 e. The number of nitriles is 1. The molecule has 1 rings (SSSR count). The summed E-state index contributed by atoms with van der Waals surface area (Å²) in [6.07, 6.45) is 0.919. The maximum atomic E-state index is 12.2. The first-order valence-electron chi connectivity index (χ1n) is 6.65. The van der Waals surface area contributed by atoms with E-state index in [1.54, 1.807) is 20.8 Å². The van der Waals surface area contributed by atoms with E-state index in [1.165, 1.54) is 11.8 Å². The summed E-state index contributed by atoms with van der Waals surface area (Å²) < 4.78 is 5.08. The molecule has 0 saturated carbocycles. The fraction of sp³-hybridized carbons (Fsp3) is 0.643. The van der Waals surface area contributed by atoms with Crippen LogP contribution < -0.4 is 5.32 Å². The van der Waals surface area contributed by atoms with Gasteiger partial charge in [-0.15, -0.1) is 11.8 Å². The second kappa shape index (κ2) is 6.80. The van der Waals surface area contributed by atoms with Gasteiger partial charge in [-0.25, -0.2) is 4.79 Å². The van der Waals surface area contributed by atoms with Crippen molar-refractivity contribution in [1.29, 1.82) is 5.26 Å². The lowest BCUT2D eigenvalue weighted by Crippen LogP contribution is -2.47. The van der Waals surface area contributed by atoms with Crippen LogP contribution in [0.4, 0.5) is 0 Å². The lowest BCUT2D eigenvalue weighted by atomic mass is 9.71. The van der Waals surface area contributed by atoms with Crippen LogP contribution in [0.3, 0.4) is 0 Å². The highest BCUT2D eigenvalue weighted by atomic mass is 32.2. The molecule has 0 aliphatic carbocycles. The standard InChI is InChI=1S/C14H20N2O3S/c1-5-7-20-12-10(13(18)19-6-2)14(3,4)9(8-15)11(17)16-12/h9H,5-7H2,1-4H3,(H,16,17)/t9-/m0/s1. The molecule has 20 heavy (non-hydrogen) atoms. The lowest BCUT2D eigenvalue weighted by Gasteiger charge is -2.36. The summed E-state index contributed by atoms with van der Waals surface area (Å²) in [6.45, 7) is 7.48. The monoisotopic (exact) mass is 296 g/mol. The summed E-state index contributed by atoms with van der Waals surface area (Å²) in [7, 11) is 0. The van der Waals surface area contributed by atoms with E-state index in [0.29, 0.717) is 10.6 Å². The Morgan fingerprint density at radius 1 is 1.50 bits per heavy atom. The van der Waals surface area contributed by atoms with Gasteiger partial charge < -0.3 is 10.1 Å². The van der Waals surface area contributed by atoms with Gasteiger partial charge in [0.2, 0.25) is 5.91 Å². The van der Waals surface area contributed by atoms with Crippen LogP contribution in [0, 0.1) is 22.7 Å². The normalized spacial score (nSPS) is 21.1. The molecule has 0 bridgehead atoms. The van der Waals surface area contributed by atoms with Crippen LogP contribution in [0.2, 0.25) is 0 Å². The number of rotatable bonds is 5. The molecule has 0 spiro atoms. The number of thioether (sulfide) groups is 1. The Morgan fingerprint density at radius 2 is 2.15 bits per heavy atom. The molecular weight excluding hydrogens is 276 g/mol. The summed E-state index contributed by atoms with van der Waals surface area (Å²) in [5.74, 6) is -0.931.